The molecule has 1 aliphatic rings. The van der Waals surface area contributed by atoms with Crippen LogP contribution in [0.5, 0.6) is 0 Å². The molecule has 1 saturated heterocycles. The van der Waals surface area contributed by atoms with E-state index in [2.05, 4.69) is 5.32 Å². The summed E-state index contributed by atoms with van der Waals surface area (Å²) in [4.78, 5) is 11.1. The maximum absolute atomic E-state index is 11.1. The fourth-order valence-electron chi connectivity index (χ4n) is 1.43. The number of carbonyl (C=O) groups is 1. The standard InChI is InChI=1S/C10H17NO2.ClH/c1-2-13-10(12)8-9-4-3-6-11-7-5-9;/h8,11H,2-7H2,1H3;1H/b9-8-;. The van der Waals surface area contributed by atoms with Gasteiger partial charge in [-0.2, -0.15) is 0 Å². The van der Waals surface area contributed by atoms with Crippen LogP contribution in [0.1, 0.15) is 26.2 Å². The van der Waals surface area contributed by atoms with Gasteiger partial charge < -0.3 is 10.1 Å². The first-order valence-electron chi connectivity index (χ1n) is 4.90. The van der Waals surface area contributed by atoms with Crippen LogP contribution in [0.15, 0.2) is 11.6 Å². The third kappa shape index (κ3) is 5.25. The van der Waals surface area contributed by atoms with Gasteiger partial charge in [-0.1, -0.05) is 5.57 Å². The summed E-state index contributed by atoms with van der Waals surface area (Å²) in [5.74, 6) is -0.195. The highest BCUT2D eigenvalue weighted by Crippen LogP contribution is 2.11. The first kappa shape index (κ1) is 13.5. The Kier molecular flexibility index (Phi) is 7.52. The smallest absolute Gasteiger partial charge is 0.330 e. The molecule has 0 unspecified atom stereocenters. The van der Waals surface area contributed by atoms with Crippen molar-refractivity contribution in [2.24, 2.45) is 0 Å². The molecule has 0 radical (unpaired) electrons. The molecule has 0 aromatic rings. The van der Waals surface area contributed by atoms with E-state index in [0.717, 1.165) is 32.4 Å². The van der Waals surface area contributed by atoms with Gasteiger partial charge in [0.25, 0.3) is 0 Å². The number of carbonyl (C=O) groups excluding carboxylic acids is 1. The van der Waals surface area contributed by atoms with Gasteiger partial charge in [0.15, 0.2) is 0 Å². The minimum Gasteiger partial charge on any atom is -0.463 e. The largest absolute Gasteiger partial charge is 0.463 e. The second kappa shape index (κ2) is 7.83. The number of halogens is 1. The molecule has 0 aromatic heterocycles. The zero-order valence-corrected chi connectivity index (χ0v) is 9.36. The summed E-state index contributed by atoms with van der Waals surface area (Å²) < 4.78 is 4.85. The molecule has 0 bridgehead atoms. The normalized spacial score (nSPS) is 19.6. The highest BCUT2D eigenvalue weighted by Gasteiger charge is 2.05. The molecular weight excluding hydrogens is 202 g/mol. The van der Waals surface area contributed by atoms with Gasteiger partial charge in [-0.05, 0) is 39.3 Å². The van der Waals surface area contributed by atoms with Gasteiger partial charge in [0.2, 0.25) is 0 Å². The molecule has 0 spiro atoms. The first-order chi connectivity index (χ1) is 6.33. The zero-order valence-electron chi connectivity index (χ0n) is 8.54. The van der Waals surface area contributed by atoms with Crippen molar-refractivity contribution in [1.29, 1.82) is 0 Å². The Morgan fingerprint density at radius 1 is 1.50 bits per heavy atom. The van der Waals surface area contributed by atoms with Gasteiger partial charge in [-0.15, -0.1) is 12.4 Å². The summed E-state index contributed by atoms with van der Waals surface area (Å²) in [6.07, 6.45) is 4.76. The molecule has 4 heteroatoms. The van der Waals surface area contributed by atoms with E-state index in [9.17, 15) is 4.79 Å². The van der Waals surface area contributed by atoms with Crippen molar-refractivity contribution in [2.45, 2.75) is 26.2 Å². The van der Waals surface area contributed by atoms with Crippen LogP contribution >= 0.6 is 12.4 Å². The van der Waals surface area contributed by atoms with Crippen LogP contribution in [0, 0.1) is 0 Å². The maximum atomic E-state index is 11.1. The lowest BCUT2D eigenvalue weighted by atomic mass is 10.1. The minimum absolute atomic E-state index is 0. The highest BCUT2D eigenvalue weighted by atomic mass is 35.5. The number of hydrogen-bond acceptors (Lipinski definition) is 3. The third-order valence-corrected chi connectivity index (χ3v) is 2.08. The predicted molar refractivity (Wildman–Crippen MR) is 58.7 cm³/mol. The molecule has 1 fully saturated rings. The van der Waals surface area contributed by atoms with Crippen LogP contribution in [0.4, 0.5) is 0 Å². The molecule has 3 nitrogen and oxygen atoms in total. The number of nitrogens with one attached hydrogen (secondary N) is 1. The monoisotopic (exact) mass is 219 g/mol. The Morgan fingerprint density at radius 3 is 3.00 bits per heavy atom. The van der Waals surface area contributed by atoms with Crippen molar-refractivity contribution >= 4 is 18.4 Å². The van der Waals surface area contributed by atoms with E-state index < -0.39 is 0 Å². The van der Waals surface area contributed by atoms with Gasteiger partial charge in [0.05, 0.1) is 6.61 Å². The number of hydrogen-bond donors (Lipinski definition) is 1. The number of rotatable bonds is 2. The highest BCUT2D eigenvalue weighted by molar-refractivity contribution is 5.85. The Hall–Kier alpha value is -0.540. The lowest BCUT2D eigenvalue weighted by molar-refractivity contribution is -0.137. The van der Waals surface area contributed by atoms with Crippen LogP contribution in [0.2, 0.25) is 0 Å². The Morgan fingerprint density at radius 2 is 2.29 bits per heavy atom. The third-order valence-electron chi connectivity index (χ3n) is 2.08. The van der Waals surface area contributed by atoms with Gasteiger partial charge in [-0.3, -0.25) is 0 Å². The van der Waals surface area contributed by atoms with Gasteiger partial charge >= 0.3 is 5.97 Å². The van der Waals surface area contributed by atoms with Crippen molar-refractivity contribution in [3.05, 3.63) is 11.6 Å². The SMILES string of the molecule is CCOC(=O)/C=C1/CCCNCC1.Cl. The minimum atomic E-state index is -0.195. The van der Waals surface area contributed by atoms with Crippen LogP contribution < -0.4 is 5.32 Å². The number of esters is 1. The van der Waals surface area contributed by atoms with E-state index in [1.165, 1.54) is 5.57 Å². The Labute approximate surface area is 91.3 Å². The summed E-state index contributed by atoms with van der Waals surface area (Å²) in [7, 11) is 0. The van der Waals surface area contributed by atoms with Crippen LogP contribution in [-0.2, 0) is 9.53 Å². The van der Waals surface area contributed by atoms with Crippen molar-refractivity contribution in [2.75, 3.05) is 19.7 Å². The van der Waals surface area contributed by atoms with E-state index in [0.29, 0.717) is 6.61 Å². The predicted octanol–water partition coefficient (Wildman–Crippen LogP) is 1.67. The quantitative estimate of drug-likeness (QED) is 0.567. The van der Waals surface area contributed by atoms with Crippen LogP contribution in [-0.4, -0.2) is 25.7 Å². The molecule has 14 heavy (non-hydrogen) atoms. The van der Waals surface area contributed by atoms with Crippen LogP contribution in [0.25, 0.3) is 0 Å². The average Bonchev–Trinajstić information content (AvgIpc) is 2.33. The summed E-state index contributed by atoms with van der Waals surface area (Å²) in [6, 6.07) is 0. The second-order valence-corrected chi connectivity index (χ2v) is 3.16. The number of ether oxygens (including phenoxy) is 1. The van der Waals surface area contributed by atoms with Crippen LogP contribution in [0.3, 0.4) is 0 Å². The van der Waals surface area contributed by atoms with Gasteiger partial charge in [-0.25, -0.2) is 4.79 Å². The molecule has 0 aromatic carbocycles. The van der Waals surface area contributed by atoms with E-state index >= 15 is 0 Å². The summed E-state index contributed by atoms with van der Waals surface area (Å²) in [5, 5.41) is 3.29. The molecule has 0 atom stereocenters. The molecule has 1 N–H and O–H groups in total. The lowest BCUT2D eigenvalue weighted by Gasteiger charge is -2.01. The fourth-order valence-corrected chi connectivity index (χ4v) is 1.43. The van der Waals surface area contributed by atoms with E-state index in [-0.39, 0.29) is 18.4 Å². The van der Waals surface area contributed by atoms with Crippen molar-refractivity contribution in [3.63, 3.8) is 0 Å². The fraction of sp³-hybridized carbons (Fsp3) is 0.700. The van der Waals surface area contributed by atoms with Gasteiger partial charge in [0, 0.05) is 6.08 Å². The molecule has 1 heterocycles. The average molecular weight is 220 g/mol. The van der Waals surface area contributed by atoms with Gasteiger partial charge in [0.1, 0.15) is 0 Å². The summed E-state index contributed by atoms with van der Waals surface area (Å²) in [6.45, 7) is 4.32. The van der Waals surface area contributed by atoms with E-state index in [1.54, 1.807) is 6.08 Å². The maximum Gasteiger partial charge on any atom is 0.330 e. The van der Waals surface area contributed by atoms with E-state index in [4.69, 9.17) is 4.74 Å². The van der Waals surface area contributed by atoms with Crippen molar-refractivity contribution in [3.8, 4) is 0 Å². The van der Waals surface area contributed by atoms with Crippen molar-refractivity contribution in [1.82, 2.24) is 5.32 Å². The first-order valence-corrected chi connectivity index (χ1v) is 4.90. The second-order valence-electron chi connectivity index (χ2n) is 3.16. The molecule has 0 saturated carbocycles. The summed E-state index contributed by atoms with van der Waals surface area (Å²) >= 11 is 0. The molecule has 1 rings (SSSR count). The molecular formula is C10H18ClNO2. The Bertz CT molecular complexity index is 194. The van der Waals surface area contributed by atoms with E-state index in [1.807, 2.05) is 6.92 Å². The molecule has 82 valence electrons. The molecule has 0 amide bonds. The zero-order chi connectivity index (χ0) is 9.52. The molecule has 1 aliphatic heterocycles. The Balaban J connectivity index is 0.00000169. The lowest BCUT2D eigenvalue weighted by Crippen LogP contribution is -2.13. The summed E-state index contributed by atoms with van der Waals surface area (Å²) in [5.41, 5.74) is 1.21. The topological polar surface area (TPSA) is 38.3 Å². The molecule has 0 aliphatic carbocycles. The van der Waals surface area contributed by atoms with Crippen molar-refractivity contribution < 1.29 is 9.53 Å².